The average Bonchev–Trinajstić information content (AvgIpc) is 2.14. The van der Waals surface area contributed by atoms with Gasteiger partial charge in [0, 0.05) is 31.1 Å². The Hall–Kier alpha value is -1.40. The molecule has 0 aromatic rings. The van der Waals surface area contributed by atoms with Gasteiger partial charge in [0.1, 0.15) is 0 Å². The largest absolute Gasteiger partial charge is 0.550 e. The summed E-state index contributed by atoms with van der Waals surface area (Å²) in [5.74, 6) is -5.00. The topological polar surface area (TPSA) is 138 Å². The molecule has 1 amide bonds. The van der Waals surface area contributed by atoms with Crippen LogP contribution in [-0.4, -0.2) is 47.6 Å². The number of amides is 1. The molecule has 0 aliphatic heterocycles. The summed E-state index contributed by atoms with van der Waals surface area (Å²) in [6, 6.07) is 0. The van der Waals surface area contributed by atoms with Gasteiger partial charge in [-0.2, -0.15) is 0 Å². The fraction of sp³-hybridized carbons (Fsp3) is 0.625. The standard InChI is InChI=1S/C8H14NO7P/c1-9(4-10)5-17(15,16)3-6(8(13)14)2-7(11)12/h4,6H,2-3,5H2,1H3,(H,11,12)(H,13,14)(H,15,16)/p-2/t6-/m0/s1. The van der Waals surface area contributed by atoms with Crippen LogP contribution < -0.4 is 10.2 Å². The number of carboxylic acids is 2. The molecule has 9 heteroatoms. The molecule has 0 aromatic carbocycles. The van der Waals surface area contributed by atoms with Crippen LogP contribution >= 0.6 is 7.37 Å². The van der Waals surface area contributed by atoms with Gasteiger partial charge < -0.3 is 29.6 Å². The summed E-state index contributed by atoms with van der Waals surface area (Å²) in [4.78, 5) is 41.3. The maximum Gasteiger partial charge on any atom is 0.220 e. The molecule has 1 N–H and O–H groups in total. The second-order valence-electron chi connectivity index (χ2n) is 3.62. The van der Waals surface area contributed by atoms with Gasteiger partial charge in [0.25, 0.3) is 0 Å². The van der Waals surface area contributed by atoms with Crippen LogP contribution in [0.5, 0.6) is 0 Å². The Kier molecular flexibility index (Phi) is 5.84. The molecule has 0 aromatic heterocycles. The first kappa shape index (κ1) is 15.6. The third-order valence-corrected chi connectivity index (χ3v) is 3.78. The highest BCUT2D eigenvalue weighted by Crippen LogP contribution is 2.43. The smallest absolute Gasteiger partial charge is 0.220 e. The molecular formula is C8H12NO7P-2. The lowest BCUT2D eigenvalue weighted by atomic mass is 10.1. The second-order valence-corrected chi connectivity index (χ2v) is 5.97. The molecule has 17 heavy (non-hydrogen) atoms. The molecule has 0 heterocycles. The normalized spacial score (nSPS) is 15.6. The number of aliphatic carboxylic acids is 2. The Morgan fingerprint density at radius 3 is 2.35 bits per heavy atom. The van der Waals surface area contributed by atoms with E-state index in [0.717, 1.165) is 4.90 Å². The SMILES string of the molecule is CN(C=O)CP(=O)(O)C[C@H](CC(=O)[O-])C(=O)[O-]. The van der Waals surface area contributed by atoms with Crippen LogP contribution in [-0.2, 0) is 18.9 Å². The molecule has 0 radical (unpaired) electrons. The lowest BCUT2D eigenvalue weighted by Gasteiger charge is -2.23. The Morgan fingerprint density at radius 2 is 2.00 bits per heavy atom. The molecule has 0 aliphatic rings. The highest BCUT2D eigenvalue weighted by Gasteiger charge is 2.26. The van der Waals surface area contributed by atoms with Gasteiger partial charge in [-0.25, -0.2) is 0 Å². The van der Waals surface area contributed by atoms with Crippen molar-refractivity contribution in [1.29, 1.82) is 0 Å². The summed E-state index contributed by atoms with van der Waals surface area (Å²) >= 11 is 0. The van der Waals surface area contributed by atoms with Crippen molar-refractivity contribution < 1.29 is 34.1 Å². The number of rotatable bonds is 8. The zero-order valence-electron chi connectivity index (χ0n) is 9.07. The molecule has 0 fully saturated rings. The molecule has 98 valence electrons. The molecule has 0 bridgehead atoms. The maximum atomic E-state index is 11.5. The predicted octanol–water partition coefficient (Wildman–Crippen LogP) is -3.19. The minimum atomic E-state index is -3.95. The molecule has 0 saturated heterocycles. The van der Waals surface area contributed by atoms with Crippen LogP contribution in [0, 0.1) is 5.92 Å². The monoisotopic (exact) mass is 265 g/mol. The quantitative estimate of drug-likeness (QED) is 0.360. The summed E-state index contributed by atoms with van der Waals surface area (Å²) in [5.41, 5.74) is 0. The summed E-state index contributed by atoms with van der Waals surface area (Å²) in [6.45, 7) is 0. The Bertz CT molecular complexity index is 356. The van der Waals surface area contributed by atoms with Crippen molar-refractivity contribution in [2.75, 3.05) is 19.5 Å². The van der Waals surface area contributed by atoms with E-state index in [0.29, 0.717) is 6.41 Å². The highest BCUT2D eigenvalue weighted by molar-refractivity contribution is 7.58. The van der Waals surface area contributed by atoms with Gasteiger partial charge in [-0.05, 0) is 6.42 Å². The first-order chi connectivity index (χ1) is 7.68. The molecule has 0 rings (SSSR count). The fourth-order valence-electron chi connectivity index (χ4n) is 1.21. The van der Waals surface area contributed by atoms with Crippen LogP contribution in [0.1, 0.15) is 6.42 Å². The van der Waals surface area contributed by atoms with Gasteiger partial charge >= 0.3 is 0 Å². The van der Waals surface area contributed by atoms with Crippen molar-refractivity contribution in [2.24, 2.45) is 5.92 Å². The van der Waals surface area contributed by atoms with Crippen LogP contribution in [0.2, 0.25) is 0 Å². The zero-order chi connectivity index (χ0) is 13.6. The van der Waals surface area contributed by atoms with Gasteiger partial charge in [0.05, 0.1) is 6.29 Å². The van der Waals surface area contributed by atoms with Gasteiger partial charge in [0.15, 0.2) is 0 Å². The van der Waals surface area contributed by atoms with E-state index >= 15 is 0 Å². The van der Waals surface area contributed by atoms with E-state index in [2.05, 4.69) is 0 Å². The van der Waals surface area contributed by atoms with E-state index in [4.69, 9.17) is 0 Å². The van der Waals surface area contributed by atoms with Crippen LogP contribution in [0.3, 0.4) is 0 Å². The lowest BCUT2D eigenvalue weighted by Crippen LogP contribution is -2.38. The molecule has 8 nitrogen and oxygen atoms in total. The zero-order valence-corrected chi connectivity index (χ0v) is 9.96. The van der Waals surface area contributed by atoms with Crippen LogP contribution in [0.4, 0.5) is 0 Å². The molecule has 1 unspecified atom stereocenters. The van der Waals surface area contributed by atoms with Crippen LogP contribution in [0.15, 0.2) is 0 Å². The number of hydrogen-bond donors (Lipinski definition) is 1. The van der Waals surface area contributed by atoms with E-state index in [1.807, 2.05) is 0 Å². The third kappa shape index (κ3) is 6.70. The molecular weight excluding hydrogens is 253 g/mol. The van der Waals surface area contributed by atoms with E-state index in [1.165, 1.54) is 7.05 Å². The number of carbonyl (C=O) groups excluding carboxylic acids is 3. The van der Waals surface area contributed by atoms with E-state index < -0.39 is 44.1 Å². The van der Waals surface area contributed by atoms with Crippen molar-refractivity contribution in [3.05, 3.63) is 0 Å². The summed E-state index contributed by atoms with van der Waals surface area (Å²) < 4.78 is 11.5. The molecule has 0 aliphatic carbocycles. The molecule has 0 saturated carbocycles. The number of nitrogens with zero attached hydrogens (tertiary/aromatic N) is 1. The van der Waals surface area contributed by atoms with Crippen molar-refractivity contribution >= 4 is 25.7 Å². The van der Waals surface area contributed by atoms with E-state index in [-0.39, 0.29) is 0 Å². The molecule has 2 atom stereocenters. The third-order valence-electron chi connectivity index (χ3n) is 1.88. The van der Waals surface area contributed by atoms with Crippen molar-refractivity contribution in [1.82, 2.24) is 4.90 Å². The van der Waals surface area contributed by atoms with Crippen molar-refractivity contribution in [2.45, 2.75) is 6.42 Å². The summed E-state index contributed by atoms with van der Waals surface area (Å²) in [6.07, 6.45) is -1.93. The Balaban J connectivity index is 4.63. The number of hydrogen-bond acceptors (Lipinski definition) is 6. The van der Waals surface area contributed by atoms with E-state index in [9.17, 15) is 34.1 Å². The summed E-state index contributed by atoms with van der Waals surface area (Å²) in [5, 5.41) is 20.8. The fourth-order valence-corrected chi connectivity index (χ4v) is 3.05. The average molecular weight is 265 g/mol. The van der Waals surface area contributed by atoms with Gasteiger partial charge in [-0.1, -0.05) is 0 Å². The first-order valence-electron chi connectivity index (χ1n) is 4.55. The maximum absolute atomic E-state index is 11.5. The number of carbonyl (C=O) groups is 3. The van der Waals surface area contributed by atoms with Crippen molar-refractivity contribution in [3.63, 3.8) is 0 Å². The van der Waals surface area contributed by atoms with Crippen LogP contribution in [0.25, 0.3) is 0 Å². The summed E-state index contributed by atoms with van der Waals surface area (Å²) in [7, 11) is -2.71. The van der Waals surface area contributed by atoms with Crippen molar-refractivity contribution in [3.8, 4) is 0 Å². The van der Waals surface area contributed by atoms with Gasteiger partial charge in [-0.15, -0.1) is 0 Å². The van der Waals surface area contributed by atoms with E-state index in [1.54, 1.807) is 0 Å². The number of carboxylic acid groups (broad SMARTS) is 2. The lowest BCUT2D eigenvalue weighted by molar-refractivity contribution is -0.319. The minimum absolute atomic E-state index is 0.301. The molecule has 0 spiro atoms. The Morgan fingerprint density at radius 1 is 1.47 bits per heavy atom. The first-order valence-corrected chi connectivity index (χ1v) is 6.58. The highest BCUT2D eigenvalue weighted by atomic mass is 31.2. The van der Waals surface area contributed by atoms with Gasteiger partial charge in [-0.3, -0.25) is 9.36 Å². The predicted molar refractivity (Wildman–Crippen MR) is 51.5 cm³/mol. The second kappa shape index (κ2) is 6.36. The Labute approximate surface area is 97.3 Å². The van der Waals surface area contributed by atoms with Gasteiger partial charge in [0.2, 0.25) is 13.8 Å². The minimum Gasteiger partial charge on any atom is -0.550 e.